The molecule has 172 valence electrons. The van der Waals surface area contributed by atoms with Crippen LogP contribution in [0.2, 0.25) is 0 Å². The molecule has 0 aliphatic carbocycles. The van der Waals surface area contributed by atoms with Crippen LogP contribution in [0.1, 0.15) is 52.9 Å². The van der Waals surface area contributed by atoms with Crippen molar-refractivity contribution in [3.05, 3.63) is 62.6 Å². The van der Waals surface area contributed by atoms with Crippen LogP contribution in [0.4, 0.5) is 0 Å². The van der Waals surface area contributed by atoms with Gasteiger partial charge in [0.15, 0.2) is 11.4 Å². The molecule has 9 nitrogen and oxygen atoms in total. The van der Waals surface area contributed by atoms with Crippen LogP contribution in [0, 0.1) is 0 Å². The Morgan fingerprint density at radius 3 is 2.64 bits per heavy atom. The monoisotopic (exact) mass is 513 g/mol. The van der Waals surface area contributed by atoms with Crippen molar-refractivity contribution >= 4 is 44.7 Å². The number of nitrogens with one attached hydrogen (secondary N) is 2. The maximum Gasteiger partial charge on any atom is 0.327 e. The molecule has 2 aromatic heterocycles. The second-order valence-corrected chi connectivity index (χ2v) is 8.89. The van der Waals surface area contributed by atoms with Gasteiger partial charge in [0.25, 0.3) is 5.91 Å². The van der Waals surface area contributed by atoms with Gasteiger partial charge in [0.1, 0.15) is 0 Å². The number of benzene rings is 1. The number of H-pyrrole nitrogens is 1. The number of hydrogen-bond donors (Lipinski definition) is 2. The van der Waals surface area contributed by atoms with Crippen molar-refractivity contribution < 1.29 is 14.4 Å². The number of piperidine rings is 1. The highest BCUT2D eigenvalue weighted by molar-refractivity contribution is 9.10. The molecule has 0 bridgehead atoms. The van der Waals surface area contributed by atoms with E-state index >= 15 is 0 Å². The molecule has 4 rings (SSSR count). The maximum absolute atomic E-state index is 12.7. The van der Waals surface area contributed by atoms with E-state index in [4.69, 9.17) is 0 Å². The van der Waals surface area contributed by atoms with Crippen molar-refractivity contribution in [1.82, 2.24) is 24.8 Å². The lowest BCUT2D eigenvalue weighted by atomic mass is 10.0. The fourth-order valence-corrected chi connectivity index (χ4v) is 4.64. The van der Waals surface area contributed by atoms with Gasteiger partial charge in [0, 0.05) is 47.3 Å². The van der Waals surface area contributed by atoms with Crippen molar-refractivity contribution in [2.45, 2.75) is 32.2 Å². The predicted octanol–water partition coefficient (Wildman–Crippen LogP) is 2.67. The number of rotatable bonds is 6. The van der Waals surface area contributed by atoms with Gasteiger partial charge >= 0.3 is 5.69 Å². The standard InChI is InChI=1S/C23H24BrN5O4/c1-2-19(30)14-10-15(12-16(24)11-14)22(32)26-13-20(31)28-8-5-17(6-9-28)29-18-4-3-7-25-21(18)27-23(29)33/h3-4,7,10-12,17H,2,5-6,8-9,13H2,1H3,(H,26,32)(H,25,27,33). The molecule has 0 atom stereocenters. The Bertz CT molecular complexity index is 1270. The van der Waals surface area contributed by atoms with Gasteiger partial charge in [-0.3, -0.25) is 23.9 Å². The number of Topliss-reactive ketones (excluding diaryl/α,β-unsaturated/α-hetero) is 1. The van der Waals surface area contributed by atoms with Crippen LogP contribution in [0.15, 0.2) is 45.8 Å². The lowest BCUT2D eigenvalue weighted by molar-refractivity contribution is -0.131. The van der Waals surface area contributed by atoms with Gasteiger partial charge in [-0.25, -0.2) is 9.78 Å². The zero-order valence-electron chi connectivity index (χ0n) is 18.1. The Hall–Kier alpha value is -3.27. The van der Waals surface area contributed by atoms with Crippen LogP contribution >= 0.6 is 15.9 Å². The molecule has 0 spiro atoms. The summed E-state index contributed by atoms with van der Waals surface area (Å²) in [5.41, 5.74) is 1.89. The van der Waals surface area contributed by atoms with Crippen molar-refractivity contribution in [3.63, 3.8) is 0 Å². The van der Waals surface area contributed by atoms with E-state index in [0.29, 0.717) is 53.6 Å². The minimum atomic E-state index is -0.414. The third-order valence-corrected chi connectivity index (χ3v) is 6.33. The minimum absolute atomic E-state index is 0.0229. The average molecular weight is 514 g/mol. The van der Waals surface area contributed by atoms with E-state index in [1.807, 2.05) is 6.07 Å². The summed E-state index contributed by atoms with van der Waals surface area (Å²) in [6, 6.07) is 8.45. The molecule has 2 amide bonds. The van der Waals surface area contributed by atoms with E-state index in [1.165, 1.54) is 6.07 Å². The molecule has 10 heteroatoms. The maximum atomic E-state index is 12.7. The molecule has 1 fully saturated rings. The fourth-order valence-electron chi connectivity index (χ4n) is 4.15. The molecule has 0 unspecified atom stereocenters. The van der Waals surface area contributed by atoms with Crippen molar-refractivity contribution in [1.29, 1.82) is 0 Å². The number of carbonyl (C=O) groups is 3. The van der Waals surface area contributed by atoms with Crippen molar-refractivity contribution in [2.24, 2.45) is 0 Å². The van der Waals surface area contributed by atoms with E-state index in [-0.39, 0.29) is 30.0 Å². The van der Waals surface area contributed by atoms with Gasteiger partial charge in [-0.1, -0.05) is 22.9 Å². The van der Waals surface area contributed by atoms with E-state index in [1.54, 1.807) is 40.8 Å². The van der Waals surface area contributed by atoms with Gasteiger partial charge in [-0.2, -0.15) is 0 Å². The minimum Gasteiger partial charge on any atom is -0.343 e. The van der Waals surface area contributed by atoms with Gasteiger partial charge in [0.2, 0.25) is 5.91 Å². The second kappa shape index (κ2) is 9.70. The summed E-state index contributed by atoms with van der Waals surface area (Å²) in [5.74, 6) is -0.661. The molecule has 2 N–H and O–H groups in total. The van der Waals surface area contributed by atoms with Crippen molar-refractivity contribution in [2.75, 3.05) is 19.6 Å². The van der Waals surface area contributed by atoms with E-state index in [0.717, 1.165) is 5.52 Å². The summed E-state index contributed by atoms with van der Waals surface area (Å²) in [7, 11) is 0. The van der Waals surface area contributed by atoms with Crippen molar-refractivity contribution in [3.8, 4) is 0 Å². The Balaban J connectivity index is 1.35. The molecule has 33 heavy (non-hydrogen) atoms. The summed E-state index contributed by atoms with van der Waals surface area (Å²) in [6.45, 7) is 2.61. The lowest BCUT2D eigenvalue weighted by Crippen LogP contribution is -2.45. The Morgan fingerprint density at radius 2 is 1.91 bits per heavy atom. The smallest absolute Gasteiger partial charge is 0.327 e. The highest BCUT2D eigenvalue weighted by atomic mass is 79.9. The first kappa shape index (κ1) is 22.9. The summed E-state index contributed by atoms with van der Waals surface area (Å²) >= 11 is 3.33. The zero-order valence-corrected chi connectivity index (χ0v) is 19.7. The van der Waals surface area contributed by atoms with E-state index in [9.17, 15) is 19.2 Å². The number of pyridine rings is 1. The van der Waals surface area contributed by atoms with Crippen LogP contribution < -0.4 is 11.0 Å². The zero-order chi connectivity index (χ0) is 23.5. The molecule has 1 aromatic carbocycles. The van der Waals surface area contributed by atoms with Crippen LogP contribution in [0.3, 0.4) is 0 Å². The van der Waals surface area contributed by atoms with Gasteiger partial charge in [-0.05, 0) is 43.2 Å². The Labute approximate surface area is 198 Å². The molecule has 3 heterocycles. The second-order valence-electron chi connectivity index (χ2n) is 7.97. The highest BCUT2D eigenvalue weighted by Gasteiger charge is 2.26. The third-order valence-electron chi connectivity index (χ3n) is 5.88. The average Bonchev–Trinajstić information content (AvgIpc) is 3.17. The van der Waals surface area contributed by atoms with Crippen LogP contribution in [0.25, 0.3) is 11.2 Å². The van der Waals surface area contributed by atoms with Crippen LogP contribution in [-0.4, -0.2) is 56.7 Å². The first-order valence-electron chi connectivity index (χ1n) is 10.8. The molecule has 0 radical (unpaired) electrons. The third kappa shape index (κ3) is 4.90. The number of aromatic amines is 1. The highest BCUT2D eigenvalue weighted by Crippen LogP contribution is 2.24. The molecule has 1 aliphatic rings. The largest absolute Gasteiger partial charge is 0.343 e. The summed E-state index contributed by atoms with van der Waals surface area (Å²) in [5, 5.41) is 2.65. The number of likely N-dealkylation sites (tertiary alicyclic amines) is 1. The van der Waals surface area contributed by atoms with E-state index in [2.05, 4.69) is 31.2 Å². The molecule has 1 saturated heterocycles. The number of aromatic nitrogens is 3. The molecule has 1 aliphatic heterocycles. The predicted molar refractivity (Wildman–Crippen MR) is 126 cm³/mol. The van der Waals surface area contributed by atoms with E-state index < -0.39 is 5.91 Å². The van der Waals surface area contributed by atoms with Gasteiger partial charge in [0.05, 0.1) is 12.1 Å². The van der Waals surface area contributed by atoms with Crippen LogP contribution in [-0.2, 0) is 4.79 Å². The molecule has 3 aromatic rings. The number of amides is 2. The molecule has 0 saturated carbocycles. The van der Waals surface area contributed by atoms with Crippen LogP contribution in [0.5, 0.6) is 0 Å². The lowest BCUT2D eigenvalue weighted by Gasteiger charge is -2.32. The first-order chi connectivity index (χ1) is 15.9. The van der Waals surface area contributed by atoms with Gasteiger partial charge in [-0.15, -0.1) is 0 Å². The number of ketones is 1. The summed E-state index contributed by atoms with van der Waals surface area (Å²) in [4.78, 5) is 58.2. The number of carbonyl (C=O) groups excluding carboxylic acids is 3. The fraction of sp³-hybridized carbons (Fsp3) is 0.348. The summed E-state index contributed by atoms with van der Waals surface area (Å²) < 4.78 is 2.34. The quantitative estimate of drug-likeness (QED) is 0.491. The SMILES string of the molecule is CCC(=O)c1cc(Br)cc(C(=O)NCC(=O)N2CCC(n3c(=O)[nH]c4ncccc43)CC2)c1. The normalized spacial score (nSPS) is 14.4. The molecular formula is C23H24BrN5O4. The Morgan fingerprint density at radius 1 is 1.18 bits per heavy atom. The summed E-state index contributed by atoms with van der Waals surface area (Å²) in [6.07, 6.45) is 3.24. The Kier molecular flexibility index (Phi) is 6.73. The molecular weight excluding hydrogens is 490 g/mol. The number of imidazole rings is 1. The number of nitrogens with zero attached hydrogens (tertiary/aromatic N) is 3. The van der Waals surface area contributed by atoms with Gasteiger partial charge < -0.3 is 10.2 Å². The first-order valence-corrected chi connectivity index (χ1v) is 11.6. The number of fused-ring (bicyclic) bond motifs is 1. The topological polar surface area (TPSA) is 117 Å². The number of halogens is 1. The number of hydrogen-bond acceptors (Lipinski definition) is 5.